The minimum atomic E-state index is 0.509. The zero-order valence-electron chi connectivity index (χ0n) is 12.5. The van der Waals surface area contributed by atoms with E-state index in [9.17, 15) is 0 Å². The number of hydrogen-bond donors (Lipinski definition) is 1. The fraction of sp³-hybridized carbons (Fsp3) is 0.375. The summed E-state index contributed by atoms with van der Waals surface area (Å²) in [6, 6.07) is 7.11. The van der Waals surface area contributed by atoms with E-state index < -0.39 is 0 Å². The van der Waals surface area contributed by atoms with Crippen LogP contribution in [0.3, 0.4) is 0 Å². The SMILES string of the molecule is Cc1nnc2n1C[C@@H](NCc1cc(-c3cccs3)cs1)CC2. The van der Waals surface area contributed by atoms with Crippen LogP contribution in [0.15, 0.2) is 29.0 Å². The van der Waals surface area contributed by atoms with E-state index in [1.165, 1.54) is 15.3 Å². The smallest absolute Gasteiger partial charge is 0.133 e. The first-order valence-corrected chi connectivity index (χ1v) is 9.29. The fourth-order valence-corrected chi connectivity index (χ4v) is 4.54. The Morgan fingerprint density at radius 3 is 3.18 bits per heavy atom. The lowest BCUT2D eigenvalue weighted by Gasteiger charge is -2.24. The molecule has 0 bridgehead atoms. The molecule has 1 aliphatic rings. The first-order valence-electron chi connectivity index (χ1n) is 7.53. The molecule has 114 valence electrons. The topological polar surface area (TPSA) is 42.7 Å². The number of rotatable bonds is 4. The second kappa shape index (κ2) is 5.95. The van der Waals surface area contributed by atoms with E-state index in [1.54, 1.807) is 11.3 Å². The van der Waals surface area contributed by atoms with Gasteiger partial charge in [-0.2, -0.15) is 0 Å². The second-order valence-electron chi connectivity index (χ2n) is 5.67. The molecule has 4 nitrogen and oxygen atoms in total. The molecule has 1 aliphatic heterocycles. The molecule has 6 heteroatoms. The molecule has 4 heterocycles. The van der Waals surface area contributed by atoms with E-state index in [-0.39, 0.29) is 0 Å². The van der Waals surface area contributed by atoms with Crippen LogP contribution in [0.1, 0.15) is 22.9 Å². The van der Waals surface area contributed by atoms with Gasteiger partial charge in [0.2, 0.25) is 0 Å². The summed E-state index contributed by atoms with van der Waals surface area (Å²) in [4.78, 5) is 2.75. The molecule has 0 saturated carbocycles. The number of thiophene rings is 2. The standard InChI is InChI=1S/C16H18N4S2/c1-11-18-19-16-5-4-13(9-20(11)16)17-8-14-7-12(10-22-14)15-3-2-6-21-15/h2-3,6-7,10,13,17H,4-5,8-9H2,1H3/t13-/m0/s1. The van der Waals surface area contributed by atoms with Gasteiger partial charge >= 0.3 is 0 Å². The summed E-state index contributed by atoms with van der Waals surface area (Å²) in [5.41, 5.74) is 1.34. The second-order valence-corrected chi connectivity index (χ2v) is 7.61. The number of hydrogen-bond acceptors (Lipinski definition) is 5. The molecule has 0 spiro atoms. The first kappa shape index (κ1) is 14.1. The molecule has 1 N–H and O–H groups in total. The van der Waals surface area contributed by atoms with Crippen LogP contribution in [0.2, 0.25) is 0 Å². The van der Waals surface area contributed by atoms with E-state index in [4.69, 9.17) is 0 Å². The maximum Gasteiger partial charge on any atom is 0.133 e. The van der Waals surface area contributed by atoms with E-state index in [0.29, 0.717) is 6.04 Å². The Kier molecular flexibility index (Phi) is 3.82. The van der Waals surface area contributed by atoms with Crippen molar-refractivity contribution in [2.24, 2.45) is 0 Å². The quantitative estimate of drug-likeness (QED) is 0.796. The molecular weight excluding hydrogens is 312 g/mol. The Morgan fingerprint density at radius 2 is 2.32 bits per heavy atom. The largest absolute Gasteiger partial charge is 0.314 e. The van der Waals surface area contributed by atoms with E-state index in [1.807, 2.05) is 18.3 Å². The van der Waals surface area contributed by atoms with Gasteiger partial charge in [-0.3, -0.25) is 0 Å². The average Bonchev–Trinajstić information content (AvgIpc) is 3.26. The maximum atomic E-state index is 4.23. The van der Waals surface area contributed by atoms with Crippen molar-refractivity contribution < 1.29 is 0 Å². The average molecular weight is 330 g/mol. The molecule has 0 aliphatic carbocycles. The first-order chi connectivity index (χ1) is 10.8. The molecule has 4 rings (SSSR count). The van der Waals surface area contributed by atoms with Crippen molar-refractivity contribution in [3.8, 4) is 10.4 Å². The third-order valence-corrected chi connectivity index (χ3v) is 6.01. The molecule has 3 aromatic heterocycles. The molecular formula is C16H18N4S2. The van der Waals surface area contributed by atoms with E-state index in [0.717, 1.165) is 37.6 Å². The molecule has 0 radical (unpaired) electrons. The Hall–Kier alpha value is -1.50. The Bertz CT molecular complexity index is 757. The van der Waals surface area contributed by atoms with Gasteiger partial charge in [0.15, 0.2) is 0 Å². The zero-order chi connectivity index (χ0) is 14.9. The normalized spacial score (nSPS) is 17.6. The van der Waals surface area contributed by atoms with Crippen LogP contribution in [0, 0.1) is 6.92 Å². The highest BCUT2D eigenvalue weighted by molar-refractivity contribution is 7.14. The number of nitrogens with one attached hydrogen (secondary N) is 1. The summed E-state index contributed by atoms with van der Waals surface area (Å²) >= 11 is 3.64. The Morgan fingerprint density at radius 1 is 1.36 bits per heavy atom. The van der Waals surface area contributed by atoms with E-state index >= 15 is 0 Å². The lowest BCUT2D eigenvalue weighted by Crippen LogP contribution is -2.37. The Labute approximate surface area is 137 Å². The minimum absolute atomic E-state index is 0.509. The van der Waals surface area contributed by atoms with Crippen molar-refractivity contribution in [1.82, 2.24) is 20.1 Å². The monoisotopic (exact) mass is 330 g/mol. The number of aryl methyl sites for hydroxylation is 2. The lowest BCUT2D eigenvalue weighted by atomic mass is 10.1. The summed E-state index contributed by atoms with van der Waals surface area (Å²) in [7, 11) is 0. The predicted molar refractivity (Wildman–Crippen MR) is 91.3 cm³/mol. The van der Waals surface area contributed by atoms with Gasteiger partial charge in [0.1, 0.15) is 11.6 Å². The number of nitrogens with zero attached hydrogens (tertiary/aromatic N) is 3. The molecule has 1 atom stereocenters. The highest BCUT2D eigenvalue weighted by Gasteiger charge is 2.21. The van der Waals surface area contributed by atoms with Crippen LogP contribution < -0.4 is 5.32 Å². The van der Waals surface area contributed by atoms with Gasteiger partial charge < -0.3 is 9.88 Å². The lowest BCUT2D eigenvalue weighted by molar-refractivity contribution is 0.376. The van der Waals surface area contributed by atoms with Crippen molar-refractivity contribution in [3.63, 3.8) is 0 Å². The maximum absolute atomic E-state index is 4.23. The van der Waals surface area contributed by atoms with Gasteiger partial charge in [-0.15, -0.1) is 32.9 Å². The zero-order valence-corrected chi connectivity index (χ0v) is 14.1. The van der Waals surface area contributed by atoms with Crippen LogP contribution in [-0.4, -0.2) is 20.8 Å². The molecule has 0 saturated heterocycles. The van der Waals surface area contributed by atoms with E-state index in [2.05, 4.69) is 49.0 Å². The van der Waals surface area contributed by atoms with Gasteiger partial charge in [0, 0.05) is 40.9 Å². The summed E-state index contributed by atoms with van der Waals surface area (Å²) in [5, 5.41) is 16.5. The summed E-state index contributed by atoms with van der Waals surface area (Å²) < 4.78 is 2.24. The Balaban J connectivity index is 1.38. The molecule has 0 unspecified atom stereocenters. The van der Waals surface area contributed by atoms with Crippen molar-refractivity contribution >= 4 is 22.7 Å². The van der Waals surface area contributed by atoms with Gasteiger partial charge in [-0.25, -0.2) is 0 Å². The van der Waals surface area contributed by atoms with Crippen LogP contribution >= 0.6 is 22.7 Å². The molecule has 22 heavy (non-hydrogen) atoms. The van der Waals surface area contributed by atoms with Gasteiger partial charge in [0.25, 0.3) is 0 Å². The van der Waals surface area contributed by atoms with Gasteiger partial charge in [0.05, 0.1) is 0 Å². The summed E-state index contributed by atoms with van der Waals surface area (Å²) in [6.45, 7) is 3.96. The summed E-state index contributed by atoms with van der Waals surface area (Å²) in [6.07, 6.45) is 2.16. The molecule has 0 fully saturated rings. The molecule has 3 aromatic rings. The van der Waals surface area contributed by atoms with Crippen molar-refractivity contribution in [2.75, 3.05) is 0 Å². The molecule has 0 amide bonds. The summed E-state index contributed by atoms with van der Waals surface area (Å²) in [5.74, 6) is 2.16. The number of aromatic nitrogens is 3. The highest BCUT2D eigenvalue weighted by atomic mass is 32.1. The number of fused-ring (bicyclic) bond motifs is 1. The predicted octanol–water partition coefficient (Wildman–Crippen LogP) is 3.48. The van der Waals surface area contributed by atoms with Crippen LogP contribution in [0.5, 0.6) is 0 Å². The third-order valence-electron chi connectivity index (χ3n) is 4.16. The highest BCUT2D eigenvalue weighted by Crippen LogP contribution is 2.29. The minimum Gasteiger partial charge on any atom is -0.314 e. The van der Waals surface area contributed by atoms with Crippen LogP contribution in [-0.2, 0) is 19.5 Å². The van der Waals surface area contributed by atoms with Crippen molar-refractivity contribution in [3.05, 3.63) is 45.5 Å². The fourth-order valence-electron chi connectivity index (χ4n) is 2.92. The molecule has 0 aromatic carbocycles. The van der Waals surface area contributed by atoms with Gasteiger partial charge in [-0.05, 0) is 36.2 Å². The van der Waals surface area contributed by atoms with Crippen LogP contribution in [0.4, 0.5) is 0 Å². The van der Waals surface area contributed by atoms with Crippen molar-refractivity contribution in [2.45, 2.75) is 38.9 Å². The third kappa shape index (κ3) is 2.74. The van der Waals surface area contributed by atoms with Gasteiger partial charge in [-0.1, -0.05) is 6.07 Å². The van der Waals surface area contributed by atoms with Crippen LogP contribution in [0.25, 0.3) is 10.4 Å². The van der Waals surface area contributed by atoms with Crippen molar-refractivity contribution in [1.29, 1.82) is 0 Å².